The van der Waals surface area contributed by atoms with Gasteiger partial charge in [-0.15, -0.1) is 0 Å². The average molecular weight is 144 g/mol. The summed E-state index contributed by atoms with van der Waals surface area (Å²) in [6.07, 6.45) is 2.89. The monoisotopic (exact) mass is 144 g/mol. The Kier molecular flexibility index (Phi) is 2.08. The quantitative estimate of drug-likeness (QED) is 0.345. The molecule has 1 N–H and O–H groups in total. The molecule has 1 unspecified atom stereocenters. The summed E-state index contributed by atoms with van der Waals surface area (Å²) in [7, 11) is 0. The van der Waals surface area contributed by atoms with Gasteiger partial charge in [-0.1, -0.05) is 6.08 Å². The largest absolute Gasteiger partial charge is 0.344 e. The van der Waals surface area contributed by atoms with Crippen molar-refractivity contribution in [2.24, 2.45) is 0 Å². The van der Waals surface area contributed by atoms with Crippen molar-refractivity contribution in [3.63, 3.8) is 0 Å². The first-order valence-corrected chi connectivity index (χ1v) is 3.33. The molecular formula is C7H12O3. The lowest BCUT2D eigenvalue weighted by molar-refractivity contribution is -0.384. The SMILES string of the molecule is CC1=CCCOC1(C)OO. The van der Waals surface area contributed by atoms with Crippen LogP contribution in [0.2, 0.25) is 0 Å². The van der Waals surface area contributed by atoms with Crippen LogP contribution in [0.4, 0.5) is 0 Å². The molecule has 1 aliphatic rings. The third-order valence-electron chi connectivity index (χ3n) is 1.84. The fourth-order valence-corrected chi connectivity index (χ4v) is 0.927. The van der Waals surface area contributed by atoms with E-state index in [2.05, 4.69) is 4.89 Å². The molecule has 0 aromatic rings. The van der Waals surface area contributed by atoms with Gasteiger partial charge in [-0.05, 0) is 25.8 Å². The van der Waals surface area contributed by atoms with Gasteiger partial charge >= 0.3 is 0 Å². The lowest BCUT2D eigenvalue weighted by Crippen LogP contribution is -2.35. The van der Waals surface area contributed by atoms with Crippen LogP contribution in [0.25, 0.3) is 0 Å². The normalized spacial score (nSPS) is 33.7. The zero-order chi connectivity index (χ0) is 7.61. The summed E-state index contributed by atoms with van der Waals surface area (Å²) in [4.78, 5) is 4.20. The minimum Gasteiger partial charge on any atom is -0.344 e. The average Bonchev–Trinajstić information content (AvgIpc) is 1.96. The molecule has 10 heavy (non-hydrogen) atoms. The topological polar surface area (TPSA) is 38.7 Å². The van der Waals surface area contributed by atoms with E-state index in [1.165, 1.54) is 0 Å². The Bertz CT molecular complexity index is 153. The molecule has 0 saturated carbocycles. The third kappa shape index (κ3) is 1.21. The molecule has 1 aliphatic heterocycles. The minimum atomic E-state index is -0.905. The van der Waals surface area contributed by atoms with Gasteiger partial charge in [0, 0.05) is 0 Å². The molecule has 58 valence electrons. The van der Waals surface area contributed by atoms with Crippen molar-refractivity contribution in [1.29, 1.82) is 0 Å². The fraction of sp³-hybridized carbons (Fsp3) is 0.714. The van der Waals surface area contributed by atoms with E-state index in [-0.39, 0.29) is 0 Å². The van der Waals surface area contributed by atoms with Crippen LogP contribution in [0.5, 0.6) is 0 Å². The molecular weight excluding hydrogens is 132 g/mol. The second-order valence-corrected chi connectivity index (χ2v) is 2.56. The Morgan fingerprint density at radius 2 is 2.50 bits per heavy atom. The standard InChI is InChI=1S/C7H12O3/c1-6-4-3-5-9-7(6,2)10-8/h4,8H,3,5H2,1-2H3. The summed E-state index contributed by atoms with van der Waals surface area (Å²) in [5, 5.41) is 8.45. The van der Waals surface area contributed by atoms with Crippen LogP contribution in [0, 0.1) is 0 Å². The Morgan fingerprint density at radius 1 is 1.80 bits per heavy atom. The van der Waals surface area contributed by atoms with Gasteiger partial charge < -0.3 is 4.74 Å². The first kappa shape index (κ1) is 7.72. The number of rotatable bonds is 1. The summed E-state index contributed by atoms with van der Waals surface area (Å²) in [6, 6.07) is 0. The zero-order valence-electron chi connectivity index (χ0n) is 6.26. The van der Waals surface area contributed by atoms with Crippen LogP contribution in [-0.2, 0) is 9.62 Å². The van der Waals surface area contributed by atoms with Gasteiger partial charge in [0.25, 0.3) is 0 Å². The Morgan fingerprint density at radius 3 is 2.90 bits per heavy atom. The maximum atomic E-state index is 8.45. The van der Waals surface area contributed by atoms with E-state index in [1.807, 2.05) is 13.0 Å². The van der Waals surface area contributed by atoms with E-state index in [4.69, 9.17) is 9.99 Å². The molecule has 0 aromatic carbocycles. The van der Waals surface area contributed by atoms with E-state index in [0.29, 0.717) is 6.61 Å². The fourth-order valence-electron chi connectivity index (χ4n) is 0.927. The number of hydrogen-bond donors (Lipinski definition) is 1. The number of hydrogen-bond acceptors (Lipinski definition) is 3. The van der Waals surface area contributed by atoms with Crippen molar-refractivity contribution in [1.82, 2.24) is 0 Å². The Labute approximate surface area is 60.2 Å². The highest BCUT2D eigenvalue weighted by Gasteiger charge is 2.30. The van der Waals surface area contributed by atoms with Gasteiger partial charge in [0.05, 0.1) is 6.61 Å². The second kappa shape index (κ2) is 2.70. The van der Waals surface area contributed by atoms with Crippen LogP contribution >= 0.6 is 0 Å². The van der Waals surface area contributed by atoms with E-state index in [0.717, 1.165) is 12.0 Å². The van der Waals surface area contributed by atoms with Gasteiger partial charge in [0.2, 0.25) is 5.79 Å². The summed E-state index contributed by atoms with van der Waals surface area (Å²) in [5.41, 5.74) is 0.918. The van der Waals surface area contributed by atoms with E-state index < -0.39 is 5.79 Å². The lowest BCUT2D eigenvalue weighted by atomic mass is 10.1. The second-order valence-electron chi connectivity index (χ2n) is 2.56. The summed E-state index contributed by atoms with van der Waals surface area (Å²) in [5.74, 6) is -0.905. The molecule has 0 fully saturated rings. The summed E-state index contributed by atoms with van der Waals surface area (Å²) >= 11 is 0. The highest BCUT2D eigenvalue weighted by molar-refractivity contribution is 5.10. The van der Waals surface area contributed by atoms with Crippen LogP contribution in [-0.4, -0.2) is 17.7 Å². The Hall–Kier alpha value is -0.380. The minimum absolute atomic E-state index is 0.606. The van der Waals surface area contributed by atoms with Gasteiger partial charge in [-0.3, -0.25) is 0 Å². The van der Waals surface area contributed by atoms with Crippen molar-refractivity contribution in [2.75, 3.05) is 6.61 Å². The molecule has 0 bridgehead atoms. The summed E-state index contributed by atoms with van der Waals surface area (Å²) in [6.45, 7) is 4.17. The predicted octanol–water partition coefficient (Wildman–Crippen LogP) is 1.56. The van der Waals surface area contributed by atoms with Crippen molar-refractivity contribution in [3.05, 3.63) is 11.6 Å². The number of ether oxygens (including phenoxy) is 1. The van der Waals surface area contributed by atoms with Crippen LogP contribution in [0.1, 0.15) is 20.3 Å². The smallest absolute Gasteiger partial charge is 0.220 e. The van der Waals surface area contributed by atoms with Crippen molar-refractivity contribution in [2.45, 2.75) is 26.1 Å². The van der Waals surface area contributed by atoms with Crippen molar-refractivity contribution in [3.8, 4) is 0 Å². The van der Waals surface area contributed by atoms with Gasteiger partial charge in [0.1, 0.15) is 0 Å². The van der Waals surface area contributed by atoms with Crippen LogP contribution in [0.15, 0.2) is 11.6 Å². The predicted molar refractivity (Wildman–Crippen MR) is 36.4 cm³/mol. The molecule has 0 saturated heterocycles. The Balaban J connectivity index is 2.74. The highest BCUT2D eigenvalue weighted by atomic mass is 17.1. The van der Waals surface area contributed by atoms with Crippen molar-refractivity contribution < 1.29 is 14.9 Å². The first-order valence-electron chi connectivity index (χ1n) is 3.33. The zero-order valence-corrected chi connectivity index (χ0v) is 6.26. The van der Waals surface area contributed by atoms with Gasteiger partial charge in [0.15, 0.2) is 0 Å². The van der Waals surface area contributed by atoms with E-state index in [1.54, 1.807) is 6.92 Å². The highest BCUT2D eigenvalue weighted by Crippen LogP contribution is 2.25. The summed E-state index contributed by atoms with van der Waals surface area (Å²) < 4.78 is 5.19. The van der Waals surface area contributed by atoms with Crippen molar-refractivity contribution >= 4 is 0 Å². The molecule has 1 heterocycles. The van der Waals surface area contributed by atoms with Crippen LogP contribution in [0.3, 0.4) is 0 Å². The first-order chi connectivity index (χ1) is 4.69. The lowest BCUT2D eigenvalue weighted by Gasteiger charge is -2.30. The van der Waals surface area contributed by atoms with Gasteiger partial charge in [-0.2, -0.15) is 4.89 Å². The third-order valence-corrected chi connectivity index (χ3v) is 1.84. The molecule has 0 amide bonds. The molecule has 3 heteroatoms. The van der Waals surface area contributed by atoms with E-state index in [9.17, 15) is 0 Å². The van der Waals surface area contributed by atoms with Gasteiger partial charge in [-0.25, -0.2) is 5.26 Å². The molecule has 0 aliphatic carbocycles. The molecule has 0 radical (unpaired) electrons. The molecule has 3 nitrogen and oxygen atoms in total. The molecule has 1 rings (SSSR count). The molecule has 1 atom stereocenters. The maximum absolute atomic E-state index is 8.45. The van der Waals surface area contributed by atoms with Crippen LogP contribution < -0.4 is 0 Å². The van der Waals surface area contributed by atoms with E-state index >= 15 is 0 Å². The maximum Gasteiger partial charge on any atom is 0.220 e. The molecule has 0 aromatic heterocycles. The molecule has 0 spiro atoms.